The van der Waals surface area contributed by atoms with Gasteiger partial charge in [0.1, 0.15) is 0 Å². The van der Waals surface area contributed by atoms with Crippen molar-refractivity contribution >= 4 is 35.9 Å². The molecule has 0 spiro atoms. The lowest BCUT2D eigenvalue weighted by Crippen LogP contribution is -2.27. The van der Waals surface area contributed by atoms with Crippen molar-refractivity contribution in [2.24, 2.45) is 5.92 Å². The Hall–Kier alpha value is 0.0875. The fraction of sp³-hybridized carbons (Fsp3) is 0.760. The lowest BCUT2D eigenvalue weighted by Gasteiger charge is -2.28. The maximum absolute atomic E-state index is 4.13. The van der Waals surface area contributed by atoms with E-state index in [-0.39, 0.29) is 9.52 Å². The highest BCUT2D eigenvalue weighted by molar-refractivity contribution is 6.78. The molecule has 0 bridgehead atoms. The van der Waals surface area contributed by atoms with E-state index >= 15 is 0 Å². The molecule has 0 radical (unpaired) electrons. The van der Waals surface area contributed by atoms with Crippen molar-refractivity contribution in [1.82, 2.24) is 0 Å². The Bertz CT molecular complexity index is 403. The second-order valence-electron chi connectivity index (χ2n) is 10.6. The molecule has 0 saturated heterocycles. The van der Waals surface area contributed by atoms with Crippen LogP contribution in [0.4, 0.5) is 0 Å². The molecule has 0 fully saturated rings. The summed E-state index contributed by atoms with van der Waals surface area (Å²) in [6.45, 7) is 26.9. The fourth-order valence-electron chi connectivity index (χ4n) is 5.08. The summed E-state index contributed by atoms with van der Waals surface area (Å²) < 4.78 is 0. The van der Waals surface area contributed by atoms with E-state index in [1.165, 1.54) is 31.4 Å². The minimum absolute atomic E-state index is 0.124. The number of hydrogen-bond donors (Lipinski definition) is 0. The van der Waals surface area contributed by atoms with Crippen LogP contribution < -0.4 is 0 Å². The van der Waals surface area contributed by atoms with Gasteiger partial charge in [-0.05, 0) is 30.0 Å². The van der Waals surface area contributed by atoms with Gasteiger partial charge in [0.25, 0.3) is 0 Å². The van der Waals surface area contributed by atoms with Crippen LogP contribution >= 0.6 is 0 Å². The predicted molar refractivity (Wildman–Crippen MR) is 152 cm³/mol. The molecule has 0 rings (SSSR count). The normalized spacial score (nSPS) is 16.4. The van der Waals surface area contributed by atoms with Gasteiger partial charge in [-0.25, -0.2) is 0 Å². The summed E-state index contributed by atoms with van der Waals surface area (Å²) in [5, 5.41) is 0. The fourth-order valence-corrected chi connectivity index (χ4v) is 25.8. The van der Waals surface area contributed by atoms with E-state index < -0.39 is 26.4 Å². The summed E-state index contributed by atoms with van der Waals surface area (Å²) in [7, 11) is -1.72. The lowest BCUT2D eigenvalue weighted by atomic mass is 10.1. The van der Waals surface area contributed by atoms with Crippen LogP contribution in [0.5, 0.6) is 0 Å². The quantitative estimate of drug-likeness (QED) is 0.138. The first kappa shape index (κ1) is 29.1. The van der Waals surface area contributed by atoms with E-state index in [0.29, 0.717) is 0 Å². The third-order valence-electron chi connectivity index (χ3n) is 7.03. The van der Waals surface area contributed by atoms with Crippen LogP contribution in [0.3, 0.4) is 0 Å². The Morgan fingerprint density at radius 3 is 1.72 bits per heavy atom. The molecule has 4 heteroatoms. The van der Waals surface area contributed by atoms with Gasteiger partial charge in [0.15, 0.2) is 0 Å². The Kier molecular flexibility index (Phi) is 17.8. The van der Waals surface area contributed by atoms with E-state index in [2.05, 4.69) is 79.5 Å². The molecule has 0 saturated carbocycles. The molecule has 0 aromatic heterocycles. The minimum Gasteiger partial charge on any atom is -0.103 e. The van der Waals surface area contributed by atoms with Crippen molar-refractivity contribution < 1.29 is 0 Å². The third-order valence-corrected chi connectivity index (χ3v) is 26.1. The SMILES string of the molecule is C=CCC(CC(C)C)[SiH](CCC[SiH](CC=C)C(C)C)C[SiH2]C[SiH](CC=C)C(C)C. The molecule has 0 nitrogen and oxygen atoms in total. The van der Waals surface area contributed by atoms with Crippen LogP contribution in [0.15, 0.2) is 38.0 Å². The van der Waals surface area contributed by atoms with Crippen LogP contribution in [-0.2, 0) is 0 Å². The molecule has 0 aliphatic heterocycles. The van der Waals surface area contributed by atoms with Crippen molar-refractivity contribution in [2.45, 2.75) is 113 Å². The van der Waals surface area contributed by atoms with Gasteiger partial charge in [-0.2, -0.15) is 0 Å². The van der Waals surface area contributed by atoms with Crippen molar-refractivity contribution in [3.8, 4) is 0 Å². The van der Waals surface area contributed by atoms with Gasteiger partial charge in [0.2, 0.25) is 0 Å². The van der Waals surface area contributed by atoms with E-state index in [4.69, 9.17) is 0 Å². The van der Waals surface area contributed by atoms with E-state index in [1.807, 2.05) is 0 Å². The first-order valence-electron chi connectivity index (χ1n) is 12.6. The molecule has 170 valence electrons. The van der Waals surface area contributed by atoms with Gasteiger partial charge in [0, 0.05) is 35.9 Å². The van der Waals surface area contributed by atoms with Gasteiger partial charge in [0.05, 0.1) is 0 Å². The highest BCUT2D eigenvalue weighted by Gasteiger charge is 2.24. The summed E-state index contributed by atoms with van der Waals surface area (Å²) in [4.78, 5) is 0. The highest BCUT2D eigenvalue weighted by Crippen LogP contribution is 2.32. The molecule has 0 aliphatic carbocycles. The first-order valence-corrected chi connectivity index (χ1v) is 21.5. The molecule has 29 heavy (non-hydrogen) atoms. The van der Waals surface area contributed by atoms with Crippen molar-refractivity contribution in [2.75, 3.05) is 0 Å². The van der Waals surface area contributed by atoms with Gasteiger partial charge in [-0.3, -0.25) is 0 Å². The second kappa shape index (κ2) is 17.7. The number of hydrogen-bond acceptors (Lipinski definition) is 0. The first-order chi connectivity index (χ1) is 13.8. The van der Waals surface area contributed by atoms with Crippen molar-refractivity contribution in [3.05, 3.63) is 38.0 Å². The monoisotopic (exact) mass is 466 g/mol. The molecule has 4 unspecified atom stereocenters. The van der Waals surface area contributed by atoms with Crippen LogP contribution in [0.2, 0.25) is 52.1 Å². The predicted octanol–water partition coefficient (Wildman–Crippen LogP) is 7.33. The number of allylic oxidation sites excluding steroid dienone is 3. The Morgan fingerprint density at radius 2 is 1.24 bits per heavy atom. The molecular formula is C25H54Si4. The summed E-state index contributed by atoms with van der Waals surface area (Å²) in [5.74, 6) is 0.841. The summed E-state index contributed by atoms with van der Waals surface area (Å²) >= 11 is 0. The van der Waals surface area contributed by atoms with Gasteiger partial charge in [-0.15, -0.1) is 19.7 Å². The van der Waals surface area contributed by atoms with Crippen LogP contribution in [0.25, 0.3) is 0 Å². The van der Waals surface area contributed by atoms with Crippen LogP contribution in [0, 0.1) is 5.92 Å². The molecule has 0 N–H and O–H groups in total. The van der Waals surface area contributed by atoms with Crippen molar-refractivity contribution in [1.29, 1.82) is 0 Å². The molecule has 0 amide bonds. The molecule has 0 aromatic rings. The Balaban J connectivity index is 4.95. The third kappa shape index (κ3) is 13.9. The van der Waals surface area contributed by atoms with Crippen molar-refractivity contribution in [3.63, 3.8) is 0 Å². The summed E-state index contributed by atoms with van der Waals surface area (Å²) in [5.41, 5.74) is 6.29. The standard InChI is InChI=1S/C25H54Si4/c1-10-14-25(19-22(4)5)29(18-13-17-27(15-11-2)23(6)7)21-26-20-28(16-12-3)24(8)9/h10-12,22-25,27-29H,1-3,13-21,26H2,4-9H3. The average Bonchev–Trinajstić information content (AvgIpc) is 2.64. The van der Waals surface area contributed by atoms with Gasteiger partial charge in [-0.1, -0.05) is 107 Å². The van der Waals surface area contributed by atoms with Crippen LogP contribution in [0.1, 0.15) is 60.8 Å². The average molecular weight is 467 g/mol. The van der Waals surface area contributed by atoms with E-state index in [9.17, 15) is 0 Å². The smallest absolute Gasteiger partial charge is 0.0431 e. The topological polar surface area (TPSA) is 0 Å². The zero-order valence-corrected chi connectivity index (χ0v) is 25.8. The zero-order valence-electron chi connectivity index (χ0n) is 21.0. The maximum atomic E-state index is 4.13. The summed E-state index contributed by atoms with van der Waals surface area (Å²) in [6.07, 6.45) is 10.9. The molecule has 0 aromatic carbocycles. The molecular weight excluding hydrogens is 413 g/mol. The van der Waals surface area contributed by atoms with Crippen LogP contribution in [-0.4, -0.2) is 35.9 Å². The molecule has 0 aliphatic rings. The lowest BCUT2D eigenvalue weighted by molar-refractivity contribution is 0.551. The summed E-state index contributed by atoms with van der Waals surface area (Å²) in [6, 6.07) is 5.87. The zero-order chi connectivity index (χ0) is 22.2. The maximum Gasteiger partial charge on any atom is 0.0431 e. The molecule has 0 heterocycles. The second-order valence-corrected chi connectivity index (χ2v) is 26.2. The largest absolute Gasteiger partial charge is 0.103 e. The van der Waals surface area contributed by atoms with Gasteiger partial charge < -0.3 is 0 Å². The Morgan fingerprint density at radius 1 is 0.724 bits per heavy atom. The van der Waals surface area contributed by atoms with E-state index in [0.717, 1.165) is 22.5 Å². The Labute approximate surface area is 192 Å². The van der Waals surface area contributed by atoms with E-state index in [1.54, 1.807) is 23.4 Å². The minimum atomic E-state index is -0.660. The highest BCUT2D eigenvalue weighted by atomic mass is 28.3. The van der Waals surface area contributed by atoms with Gasteiger partial charge >= 0.3 is 0 Å². The molecule has 4 atom stereocenters. The number of rotatable bonds is 19.